The maximum Gasteiger partial charge on any atom is 0.166 e. The van der Waals surface area contributed by atoms with Gasteiger partial charge < -0.3 is 10.5 Å². The first kappa shape index (κ1) is 20.7. The number of benzene rings is 1. The molecule has 3 aromatic heterocycles. The Bertz CT molecular complexity index is 1500. The number of aromatic nitrogens is 5. The Hall–Kier alpha value is -3.68. The van der Waals surface area contributed by atoms with Crippen LogP contribution in [0.3, 0.4) is 0 Å². The molecule has 0 radical (unpaired) electrons. The standard InChI is InChI=1S/C27H27FN6O/c1-4-34-26-16-9-21(27(29)30-11-16)35-13(2)19-10-17(28)5-6-18(19)25-20(12-33(3)31-25)22-14-7-15(8-14)24(32-34)23(22)26/h5-6,9-15,22H,4,7-8H2,1-3H3,(H2,29,30)/t13-,14?,15?,22?/m1/s1. The van der Waals surface area contributed by atoms with E-state index < -0.39 is 6.10 Å². The lowest BCUT2D eigenvalue weighted by Crippen LogP contribution is -2.35. The second-order valence-corrected chi connectivity index (χ2v) is 10.1. The Labute approximate surface area is 202 Å². The first-order chi connectivity index (χ1) is 16.9. The largest absolute Gasteiger partial charge is 0.482 e. The fourth-order valence-corrected chi connectivity index (χ4v) is 6.40. The van der Waals surface area contributed by atoms with Crippen molar-refractivity contribution in [3.63, 3.8) is 0 Å². The molecule has 1 unspecified atom stereocenters. The van der Waals surface area contributed by atoms with Crippen LogP contribution in [0.2, 0.25) is 0 Å². The Kier molecular flexibility index (Phi) is 4.23. The molecule has 8 heteroatoms. The molecular formula is C27H27FN6O. The van der Waals surface area contributed by atoms with Crippen LogP contribution in [0.15, 0.2) is 36.7 Å². The molecule has 4 bridgehead atoms. The monoisotopic (exact) mass is 470 g/mol. The van der Waals surface area contributed by atoms with Gasteiger partial charge in [-0.15, -0.1) is 0 Å². The van der Waals surface area contributed by atoms with Crippen molar-refractivity contribution in [3.8, 4) is 28.3 Å². The van der Waals surface area contributed by atoms with E-state index in [-0.39, 0.29) is 11.7 Å². The zero-order valence-electron chi connectivity index (χ0n) is 20.0. The van der Waals surface area contributed by atoms with Gasteiger partial charge in [0, 0.05) is 65.6 Å². The number of hydrogen-bond acceptors (Lipinski definition) is 5. The van der Waals surface area contributed by atoms with Gasteiger partial charge >= 0.3 is 0 Å². The van der Waals surface area contributed by atoms with Gasteiger partial charge in [0.2, 0.25) is 0 Å². The lowest BCUT2D eigenvalue weighted by molar-refractivity contribution is 0.207. The summed E-state index contributed by atoms with van der Waals surface area (Å²) in [7, 11) is 1.95. The van der Waals surface area contributed by atoms with Gasteiger partial charge in [-0.2, -0.15) is 10.2 Å². The van der Waals surface area contributed by atoms with Crippen LogP contribution in [-0.2, 0) is 13.6 Å². The van der Waals surface area contributed by atoms with Crippen molar-refractivity contribution in [3.05, 3.63) is 64.9 Å². The van der Waals surface area contributed by atoms with E-state index in [0.717, 1.165) is 53.0 Å². The van der Waals surface area contributed by atoms with Crippen molar-refractivity contribution >= 4 is 5.82 Å². The Morgan fingerprint density at radius 3 is 2.80 bits per heavy atom. The summed E-state index contributed by atoms with van der Waals surface area (Å²) >= 11 is 0. The van der Waals surface area contributed by atoms with E-state index >= 15 is 0 Å². The minimum atomic E-state index is -0.458. The summed E-state index contributed by atoms with van der Waals surface area (Å²) in [5, 5.41) is 10.0. The number of hydrogen-bond donors (Lipinski definition) is 1. The van der Waals surface area contributed by atoms with Gasteiger partial charge in [-0.3, -0.25) is 9.36 Å². The summed E-state index contributed by atoms with van der Waals surface area (Å²) in [4.78, 5) is 4.49. The Morgan fingerprint density at radius 1 is 1.17 bits per heavy atom. The van der Waals surface area contributed by atoms with Crippen LogP contribution < -0.4 is 10.5 Å². The summed E-state index contributed by atoms with van der Waals surface area (Å²) in [6.45, 7) is 4.79. The van der Waals surface area contributed by atoms with Gasteiger partial charge in [-0.1, -0.05) is 0 Å². The van der Waals surface area contributed by atoms with Crippen LogP contribution in [0, 0.1) is 11.7 Å². The number of aryl methyl sites for hydroxylation is 2. The van der Waals surface area contributed by atoms with Gasteiger partial charge in [0.15, 0.2) is 11.6 Å². The lowest BCUT2D eigenvalue weighted by atomic mass is 9.57. The number of nitrogen functional groups attached to an aromatic ring is 1. The van der Waals surface area contributed by atoms with Gasteiger partial charge in [0.25, 0.3) is 0 Å². The predicted octanol–water partition coefficient (Wildman–Crippen LogP) is 5.18. The second-order valence-electron chi connectivity index (χ2n) is 10.1. The molecule has 0 saturated heterocycles. The maximum absolute atomic E-state index is 14.5. The van der Waals surface area contributed by atoms with E-state index in [4.69, 9.17) is 20.7 Å². The summed E-state index contributed by atoms with van der Waals surface area (Å²) < 4.78 is 24.8. The average Bonchev–Trinajstić information content (AvgIpc) is 3.39. The molecule has 0 amide bonds. The fourth-order valence-electron chi connectivity index (χ4n) is 6.40. The molecule has 0 spiro atoms. The molecule has 8 rings (SSSR count). The van der Waals surface area contributed by atoms with Crippen molar-refractivity contribution in [1.82, 2.24) is 24.5 Å². The molecule has 4 heterocycles. The third-order valence-electron chi connectivity index (χ3n) is 8.02. The zero-order valence-corrected chi connectivity index (χ0v) is 20.0. The van der Waals surface area contributed by atoms with Crippen LogP contribution >= 0.6 is 0 Å². The predicted molar refractivity (Wildman–Crippen MR) is 130 cm³/mol. The third-order valence-corrected chi connectivity index (χ3v) is 8.02. The highest BCUT2D eigenvalue weighted by Crippen LogP contribution is 2.60. The molecule has 1 aliphatic heterocycles. The number of ether oxygens (including phenoxy) is 1. The number of fused-ring (bicyclic) bond motifs is 6. The minimum Gasteiger partial charge on any atom is -0.482 e. The Morgan fingerprint density at radius 2 is 2.00 bits per heavy atom. The van der Waals surface area contributed by atoms with Gasteiger partial charge in [0.1, 0.15) is 11.9 Å². The second kappa shape index (κ2) is 7.16. The molecular weight excluding hydrogens is 443 g/mol. The number of halogens is 1. The molecule has 1 saturated carbocycles. The van der Waals surface area contributed by atoms with Gasteiger partial charge in [-0.25, -0.2) is 9.37 Å². The highest BCUT2D eigenvalue weighted by molar-refractivity contribution is 5.75. The van der Waals surface area contributed by atoms with E-state index in [1.165, 1.54) is 17.3 Å². The van der Waals surface area contributed by atoms with Crippen LogP contribution in [-0.4, -0.2) is 24.5 Å². The number of rotatable bonds is 1. The van der Waals surface area contributed by atoms with Crippen LogP contribution in [0.1, 0.15) is 67.0 Å². The highest BCUT2D eigenvalue weighted by atomic mass is 19.1. The number of pyridine rings is 1. The van der Waals surface area contributed by atoms with Crippen LogP contribution in [0.4, 0.5) is 10.2 Å². The van der Waals surface area contributed by atoms with Gasteiger partial charge in [-0.05, 0) is 56.9 Å². The van der Waals surface area contributed by atoms with E-state index in [2.05, 4.69) is 22.8 Å². The van der Waals surface area contributed by atoms with Crippen molar-refractivity contribution in [2.75, 3.05) is 5.73 Å². The SMILES string of the molecule is CCn1nc2c3c1-c1cnc(N)c(c1)O[C@H](C)c1cc(F)ccc1-c1nn(C)cc1C3C1CC2C1. The Balaban J connectivity index is 1.60. The number of nitrogens with zero attached hydrogens (tertiary/aromatic N) is 5. The van der Waals surface area contributed by atoms with Crippen molar-refractivity contribution in [2.24, 2.45) is 13.0 Å². The molecule has 3 aliphatic carbocycles. The molecule has 178 valence electrons. The molecule has 4 aliphatic rings. The first-order valence-corrected chi connectivity index (χ1v) is 12.3. The van der Waals surface area contributed by atoms with Crippen LogP contribution in [0.5, 0.6) is 5.75 Å². The minimum absolute atomic E-state index is 0.156. The van der Waals surface area contributed by atoms with E-state index in [1.54, 1.807) is 6.07 Å². The van der Waals surface area contributed by atoms with E-state index in [9.17, 15) is 4.39 Å². The highest BCUT2D eigenvalue weighted by Gasteiger charge is 2.49. The average molecular weight is 471 g/mol. The summed E-state index contributed by atoms with van der Waals surface area (Å²) in [5.41, 5.74) is 14.4. The summed E-state index contributed by atoms with van der Waals surface area (Å²) in [6.07, 6.45) is 5.75. The molecule has 1 fully saturated rings. The summed E-state index contributed by atoms with van der Waals surface area (Å²) in [6, 6.07) is 6.83. The quantitative estimate of drug-likeness (QED) is 0.414. The van der Waals surface area contributed by atoms with Crippen molar-refractivity contribution < 1.29 is 9.13 Å². The number of nitrogens with two attached hydrogens (primary N) is 1. The molecule has 35 heavy (non-hydrogen) atoms. The smallest absolute Gasteiger partial charge is 0.166 e. The number of anilines is 1. The molecule has 2 N–H and O–H groups in total. The van der Waals surface area contributed by atoms with Crippen LogP contribution in [0.25, 0.3) is 22.5 Å². The van der Waals surface area contributed by atoms with Crippen molar-refractivity contribution in [2.45, 2.75) is 51.2 Å². The lowest BCUT2D eigenvalue weighted by Gasteiger charge is -2.46. The van der Waals surface area contributed by atoms with E-state index in [1.807, 2.05) is 37.0 Å². The molecule has 4 aromatic rings. The topological polar surface area (TPSA) is 83.8 Å². The molecule has 7 nitrogen and oxygen atoms in total. The first-order valence-electron chi connectivity index (χ1n) is 12.3. The zero-order chi connectivity index (χ0) is 24.0. The molecule has 2 atom stereocenters. The van der Waals surface area contributed by atoms with Crippen molar-refractivity contribution in [1.29, 1.82) is 0 Å². The fraction of sp³-hybridized carbons (Fsp3) is 0.370. The van der Waals surface area contributed by atoms with E-state index in [0.29, 0.717) is 23.4 Å². The normalized spacial score (nSPS) is 23.7. The third kappa shape index (κ3) is 2.85. The van der Waals surface area contributed by atoms with Gasteiger partial charge in [0.05, 0.1) is 17.1 Å². The summed E-state index contributed by atoms with van der Waals surface area (Å²) in [5.74, 6) is 1.66. The maximum atomic E-state index is 14.5. The molecule has 1 aromatic carbocycles.